The largest absolute Gasteiger partial charge is 0.396 e. The number of rotatable bonds is 5. The summed E-state index contributed by atoms with van der Waals surface area (Å²) in [4.78, 5) is 13.8. The number of methoxy groups -OCH3 is 1. The first-order valence-electron chi connectivity index (χ1n) is 6.21. The number of ether oxygens (including phenoxy) is 1. The maximum atomic E-state index is 11.5. The SMILES string of the molecule is COCC(=O)N[C@@H]1CN(C(C)C)CC[C@@H]1CO. The van der Waals surface area contributed by atoms with E-state index in [1.54, 1.807) is 0 Å². The van der Waals surface area contributed by atoms with Gasteiger partial charge in [-0.05, 0) is 26.8 Å². The van der Waals surface area contributed by atoms with Gasteiger partial charge in [-0.15, -0.1) is 0 Å². The van der Waals surface area contributed by atoms with E-state index in [2.05, 4.69) is 24.1 Å². The van der Waals surface area contributed by atoms with Crippen LogP contribution in [0.4, 0.5) is 0 Å². The van der Waals surface area contributed by atoms with Crippen LogP contribution in [-0.4, -0.2) is 61.4 Å². The normalized spacial score (nSPS) is 26.2. The number of nitrogens with zero attached hydrogens (tertiary/aromatic N) is 1. The predicted octanol–water partition coefficient (Wildman–Crippen LogP) is -0.160. The van der Waals surface area contributed by atoms with Crippen molar-refractivity contribution < 1.29 is 14.6 Å². The Morgan fingerprint density at radius 1 is 1.59 bits per heavy atom. The van der Waals surface area contributed by atoms with Crippen LogP contribution in [0.25, 0.3) is 0 Å². The molecule has 1 aliphatic rings. The van der Waals surface area contributed by atoms with Gasteiger partial charge in [0.25, 0.3) is 0 Å². The summed E-state index contributed by atoms with van der Waals surface area (Å²) >= 11 is 0. The van der Waals surface area contributed by atoms with E-state index in [-0.39, 0.29) is 31.1 Å². The number of aliphatic hydroxyl groups is 1. The molecule has 5 heteroatoms. The second kappa shape index (κ2) is 6.93. The smallest absolute Gasteiger partial charge is 0.246 e. The number of piperidine rings is 1. The fraction of sp³-hybridized carbons (Fsp3) is 0.917. The lowest BCUT2D eigenvalue weighted by molar-refractivity contribution is -0.126. The molecule has 0 aromatic heterocycles. The molecule has 0 aliphatic carbocycles. The average Bonchev–Trinajstić information content (AvgIpc) is 2.29. The number of carbonyl (C=O) groups excluding carboxylic acids is 1. The molecule has 0 bridgehead atoms. The van der Waals surface area contributed by atoms with Crippen LogP contribution in [0.2, 0.25) is 0 Å². The summed E-state index contributed by atoms with van der Waals surface area (Å²) in [5, 5.41) is 12.3. The molecule has 0 spiro atoms. The van der Waals surface area contributed by atoms with Crippen molar-refractivity contribution in [3.63, 3.8) is 0 Å². The quantitative estimate of drug-likeness (QED) is 0.705. The van der Waals surface area contributed by atoms with Gasteiger partial charge < -0.3 is 15.2 Å². The number of likely N-dealkylation sites (tertiary alicyclic amines) is 1. The van der Waals surface area contributed by atoms with E-state index in [1.807, 2.05) is 0 Å². The van der Waals surface area contributed by atoms with Gasteiger partial charge in [-0.1, -0.05) is 0 Å². The Labute approximate surface area is 103 Å². The minimum absolute atomic E-state index is 0.0267. The van der Waals surface area contributed by atoms with Crippen LogP contribution >= 0.6 is 0 Å². The Morgan fingerprint density at radius 3 is 2.82 bits per heavy atom. The fourth-order valence-corrected chi connectivity index (χ4v) is 2.26. The third kappa shape index (κ3) is 4.26. The van der Waals surface area contributed by atoms with Crippen LogP contribution in [0.1, 0.15) is 20.3 Å². The van der Waals surface area contributed by atoms with Crippen LogP contribution < -0.4 is 5.32 Å². The summed E-state index contributed by atoms with van der Waals surface area (Å²) in [6.45, 7) is 6.29. The van der Waals surface area contributed by atoms with Gasteiger partial charge in [0.2, 0.25) is 5.91 Å². The van der Waals surface area contributed by atoms with Crippen molar-refractivity contribution in [2.75, 3.05) is 33.4 Å². The lowest BCUT2D eigenvalue weighted by Gasteiger charge is -2.40. The Balaban J connectivity index is 2.54. The monoisotopic (exact) mass is 244 g/mol. The first kappa shape index (κ1) is 14.4. The molecule has 100 valence electrons. The maximum absolute atomic E-state index is 11.5. The topological polar surface area (TPSA) is 61.8 Å². The van der Waals surface area contributed by atoms with Gasteiger partial charge in [0.05, 0.1) is 0 Å². The second-order valence-electron chi connectivity index (χ2n) is 4.93. The summed E-state index contributed by atoms with van der Waals surface area (Å²) in [6.07, 6.45) is 0.923. The molecule has 1 heterocycles. The van der Waals surface area contributed by atoms with Gasteiger partial charge in [0.1, 0.15) is 6.61 Å². The van der Waals surface area contributed by atoms with Crippen molar-refractivity contribution >= 4 is 5.91 Å². The highest BCUT2D eigenvalue weighted by molar-refractivity contribution is 5.77. The van der Waals surface area contributed by atoms with Gasteiger partial charge in [0, 0.05) is 38.3 Å². The molecule has 17 heavy (non-hydrogen) atoms. The van der Waals surface area contributed by atoms with Crippen molar-refractivity contribution in [2.45, 2.75) is 32.4 Å². The highest BCUT2D eigenvalue weighted by atomic mass is 16.5. The van der Waals surface area contributed by atoms with Crippen molar-refractivity contribution in [3.05, 3.63) is 0 Å². The summed E-state index contributed by atoms with van der Waals surface area (Å²) in [5.74, 6) is 0.0485. The number of nitrogens with one attached hydrogen (secondary N) is 1. The highest BCUT2D eigenvalue weighted by Gasteiger charge is 2.30. The van der Waals surface area contributed by atoms with Crippen molar-refractivity contribution in [1.82, 2.24) is 10.2 Å². The maximum Gasteiger partial charge on any atom is 0.246 e. The molecular formula is C12H24N2O3. The van der Waals surface area contributed by atoms with Crippen LogP contribution in [0.5, 0.6) is 0 Å². The van der Waals surface area contributed by atoms with Gasteiger partial charge in [0.15, 0.2) is 0 Å². The third-order valence-corrected chi connectivity index (χ3v) is 3.37. The minimum atomic E-state index is -0.110. The number of amides is 1. The van der Waals surface area contributed by atoms with Crippen molar-refractivity contribution in [2.24, 2.45) is 5.92 Å². The highest BCUT2D eigenvalue weighted by Crippen LogP contribution is 2.19. The first-order chi connectivity index (χ1) is 8.08. The van der Waals surface area contributed by atoms with E-state index in [0.717, 1.165) is 19.5 Å². The molecule has 1 saturated heterocycles. The van der Waals surface area contributed by atoms with Crippen LogP contribution in [0, 0.1) is 5.92 Å². The Hall–Kier alpha value is -0.650. The molecule has 1 fully saturated rings. The zero-order valence-corrected chi connectivity index (χ0v) is 11.0. The molecule has 0 unspecified atom stereocenters. The van der Waals surface area contributed by atoms with Crippen LogP contribution in [-0.2, 0) is 9.53 Å². The molecule has 2 N–H and O–H groups in total. The Morgan fingerprint density at radius 2 is 2.29 bits per heavy atom. The average molecular weight is 244 g/mol. The Bertz CT molecular complexity index is 246. The molecule has 1 amide bonds. The van der Waals surface area contributed by atoms with E-state index in [9.17, 15) is 9.90 Å². The Kier molecular flexibility index (Phi) is 5.88. The van der Waals surface area contributed by atoms with Crippen molar-refractivity contribution in [1.29, 1.82) is 0 Å². The standard InChI is InChI=1S/C12H24N2O3/c1-9(2)14-5-4-10(7-15)11(6-14)13-12(16)8-17-3/h9-11,15H,4-8H2,1-3H3,(H,13,16)/t10-,11-/m1/s1. The van der Waals surface area contributed by atoms with Gasteiger partial charge >= 0.3 is 0 Å². The second-order valence-corrected chi connectivity index (χ2v) is 4.93. The molecule has 2 atom stereocenters. The molecular weight excluding hydrogens is 220 g/mol. The zero-order valence-electron chi connectivity index (χ0n) is 11.0. The predicted molar refractivity (Wildman–Crippen MR) is 65.7 cm³/mol. The first-order valence-corrected chi connectivity index (χ1v) is 6.21. The molecule has 0 aromatic rings. The molecule has 0 saturated carbocycles. The number of hydrogen-bond acceptors (Lipinski definition) is 4. The molecule has 0 radical (unpaired) electrons. The van der Waals surface area contributed by atoms with E-state index in [1.165, 1.54) is 7.11 Å². The number of hydrogen-bond donors (Lipinski definition) is 2. The lowest BCUT2D eigenvalue weighted by Crippen LogP contribution is -2.55. The number of aliphatic hydroxyl groups excluding tert-OH is 1. The van der Waals surface area contributed by atoms with E-state index in [4.69, 9.17) is 4.74 Å². The van der Waals surface area contributed by atoms with Gasteiger partial charge in [-0.25, -0.2) is 0 Å². The number of carbonyl (C=O) groups is 1. The van der Waals surface area contributed by atoms with E-state index >= 15 is 0 Å². The van der Waals surface area contributed by atoms with Crippen LogP contribution in [0.15, 0.2) is 0 Å². The summed E-state index contributed by atoms with van der Waals surface area (Å²) in [7, 11) is 1.50. The van der Waals surface area contributed by atoms with Gasteiger partial charge in [-0.2, -0.15) is 0 Å². The molecule has 0 aromatic carbocycles. The molecule has 1 aliphatic heterocycles. The molecule has 1 rings (SSSR count). The summed E-state index contributed by atoms with van der Waals surface area (Å²) in [5.41, 5.74) is 0. The third-order valence-electron chi connectivity index (χ3n) is 3.37. The lowest BCUT2D eigenvalue weighted by atomic mass is 9.91. The van der Waals surface area contributed by atoms with E-state index < -0.39 is 0 Å². The van der Waals surface area contributed by atoms with Crippen LogP contribution in [0.3, 0.4) is 0 Å². The molecule has 5 nitrogen and oxygen atoms in total. The van der Waals surface area contributed by atoms with Crippen molar-refractivity contribution in [3.8, 4) is 0 Å². The minimum Gasteiger partial charge on any atom is -0.396 e. The summed E-state index contributed by atoms with van der Waals surface area (Å²) < 4.78 is 4.80. The summed E-state index contributed by atoms with van der Waals surface area (Å²) in [6, 6.07) is 0.496. The fourth-order valence-electron chi connectivity index (χ4n) is 2.26. The van der Waals surface area contributed by atoms with Gasteiger partial charge in [-0.3, -0.25) is 9.69 Å². The van der Waals surface area contributed by atoms with E-state index in [0.29, 0.717) is 6.04 Å². The zero-order chi connectivity index (χ0) is 12.8.